The fourth-order valence-corrected chi connectivity index (χ4v) is 3.03. The van der Waals surface area contributed by atoms with Crippen molar-refractivity contribution in [1.29, 1.82) is 0 Å². The quantitative estimate of drug-likeness (QED) is 0.911. The molecule has 0 fully saturated rings. The van der Waals surface area contributed by atoms with Gasteiger partial charge in [0.2, 0.25) is 0 Å². The molecule has 2 aromatic carbocycles. The Morgan fingerprint density at radius 2 is 2.05 bits per heavy atom. The van der Waals surface area contributed by atoms with Gasteiger partial charge in [0, 0.05) is 16.8 Å². The Kier molecular flexibility index (Phi) is 3.42. The molecule has 0 bridgehead atoms. The molecule has 1 nitrogen and oxygen atoms in total. The van der Waals surface area contributed by atoms with Crippen LogP contribution in [0.3, 0.4) is 0 Å². The highest BCUT2D eigenvalue weighted by atomic mass is 79.9. The number of hydrogen-bond donors (Lipinski definition) is 1. The zero-order valence-electron chi connectivity index (χ0n) is 10.3. The van der Waals surface area contributed by atoms with Gasteiger partial charge in [-0.2, -0.15) is 0 Å². The Morgan fingerprint density at radius 3 is 2.79 bits per heavy atom. The largest absolute Gasteiger partial charge is 0.392 e. The molecule has 0 saturated carbocycles. The zero-order valence-corrected chi connectivity index (χ0v) is 11.9. The molecule has 0 aromatic heterocycles. The Morgan fingerprint density at radius 1 is 1.26 bits per heavy atom. The van der Waals surface area contributed by atoms with Crippen molar-refractivity contribution in [2.45, 2.75) is 24.9 Å². The van der Waals surface area contributed by atoms with E-state index in [4.69, 9.17) is 0 Å². The summed E-state index contributed by atoms with van der Waals surface area (Å²) in [6.45, 7) is 0. The summed E-state index contributed by atoms with van der Waals surface area (Å²) in [7, 11) is 0. The van der Waals surface area contributed by atoms with Gasteiger partial charge in [-0.05, 0) is 35.2 Å². The Hall–Kier alpha value is -1.19. The third-order valence-electron chi connectivity index (χ3n) is 3.80. The first-order chi connectivity index (χ1) is 9.15. The summed E-state index contributed by atoms with van der Waals surface area (Å²) in [4.78, 5) is 0. The van der Waals surface area contributed by atoms with Crippen molar-refractivity contribution in [1.82, 2.24) is 0 Å². The molecule has 3 heteroatoms. The summed E-state index contributed by atoms with van der Waals surface area (Å²) in [5, 5.41) is 10.3. The van der Waals surface area contributed by atoms with Gasteiger partial charge in [0.15, 0.2) is 0 Å². The zero-order chi connectivity index (χ0) is 13.4. The highest BCUT2D eigenvalue weighted by Gasteiger charge is 2.31. The molecule has 2 atom stereocenters. The van der Waals surface area contributed by atoms with Crippen molar-refractivity contribution >= 4 is 15.9 Å². The fourth-order valence-electron chi connectivity index (χ4n) is 2.70. The van der Waals surface area contributed by atoms with E-state index in [1.807, 2.05) is 18.2 Å². The first kappa shape index (κ1) is 12.8. The molecule has 0 saturated heterocycles. The third kappa shape index (κ3) is 2.45. The summed E-state index contributed by atoms with van der Waals surface area (Å²) in [6.07, 6.45) is 0.721. The molecule has 98 valence electrons. The van der Waals surface area contributed by atoms with Crippen LogP contribution >= 0.6 is 15.9 Å². The molecular weight excluding hydrogens is 307 g/mol. The predicted octanol–water partition coefficient (Wildman–Crippen LogP) is 3.83. The van der Waals surface area contributed by atoms with Crippen molar-refractivity contribution in [3.63, 3.8) is 0 Å². The maximum Gasteiger partial charge on any atom is 0.127 e. The van der Waals surface area contributed by atoms with Crippen LogP contribution in [0.1, 0.15) is 22.6 Å². The molecule has 19 heavy (non-hydrogen) atoms. The molecule has 3 rings (SSSR count). The number of fused-ring (bicyclic) bond motifs is 1. The fraction of sp³-hybridized carbons (Fsp3) is 0.250. The highest BCUT2D eigenvalue weighted by molar-refractivity contribution is 9.10. The van der Waals surface area contributed by atoms with E-state index in [-0.39, 0.29) is 11.7 Å². The van der Waals surface area contributed by atoms with Gasteiger partial charge < -0.3 is 5.11 Å². The van der Waals surface area contributed by atoms with Crippen LogP contribution in [0.2, 0.25) is 0 Å². The highest BCUT2D eigenvalue weighted by Crippen LogP contribution is 2.38. The molecule has 1 aliphatic carbocycles. The first-order valence-electron chi connectivity index (χ1n) is 6.35. The Bertz CT molecular complexity index is 611. The van der Waals surface area contributed by atoms with E-state index in [9.17, 15) is 9.50 Å². The lowest BCUT2D eigenvalue weighted by Gasteiger charge is -2.34. The number of rotatable bonds is 3. The van der Waals surface area contributed by atoms with Gasteiger partial charge in [0.05, 0.1) is 6.10 Å². The molecular formula is C16H14BrFO. The van der Waals surface area contributed by atoms with Crippen molar-refractivity contribution < 1.29 is 9.50 Å². The van der Waals surface area contributed by atoms with E-state index in [0.717, 1.165) is 10.9 Å². The SMILES string of the molecule is OC(Cc1ccc(Br)cc1F)C1Cc2ccccc21. The van der Waals surface area contributed by atoms with Gasteiger partial charge in [-0.1, -0.05) is 46.3 Å². The van der Waals surface area contributed by atoms with Gasteiger partial charge in [-0.15, -0.1) is 0 Å². The van der Waals surface area contributed by atoms with Gasteiger partial charge >= 0.3 is 0 Å². The lowest BCUT2D eigenvalue weighted by molar-refractivity contribution is 0.132. The van der Waals surface area contributed by atoms with Crippen LogP contribution in [-0.4, -0.2) is 11.2 Å². The van der Waals surface area contributed by atoms with Crippen molar-refractivity contribution in [3.05, 3.63) is 69.4 Å². The molecule has 0 radical (unpaired) electrons. The molecule has 2 unspecified atom stereocenters. The molecule has 1 aliphatic rings. The predicted molar refractivity (Wildman–Crippen MR) is 76.7 cm³/mol. The van der Waals surface area contributed by atoms with E-state index in [1.165, 1.54) is 17.2 Å². The number of aliphatic hydroxyl groups is 1. The number of hydrogen-bond acceptors (Lipinski definition) is 1. The second-order valence-electron chi connectivity index (χ2n) is 5.02. The van der Waals surface area contributed by atoms with Crippen LogP contribution in [0.15, 0.2) is 46.9 Å². The molecule has 2 aromatic rings. The average molecular weight is 321 g/mol. The van der Waals surface area contributed by atoms with Crippen LogP contribution in [-0.2, 0) is 12.8 Å². The average Bonchev–Trinajstić information content (AvgIpc) is 2.34. The van der Waals surface area contributed by atoms with E-state index in [2.05, 4.69) is 22.0 Å². The lowest BCUT2D eigenvalue weighted by atomic mass is 9.73. The minimum atomic E-state index is -0.523. The summed E-state index contributed by atoms with van der Waals surface area (Å²) in [6, 6.07) is 13.1. The van der Waals surface area contributed by atoms with Crippen LogP contribution in [0, 0.1) is 5.82 Å². The van der Waals surface area contributed by atoms with Gasteiger partial charge in [0.1, 0.15) is 5.82 Å². The minimum absolute atomic E-state index is 0.138. The van der Waals surface area contributed by atoms with Gasteiger partial charge in [-0.25, -0.2) is 4.39 Å². The summed E-state index contributed by atoms with van der Waals surface area (Å²) >= 11 is 3.24. The standard InChI is InChI=1S/C16H14BrFO/c17-12-6-5-11(15(18)9-12)8-16(19)14-7-10-3-1-2-4-13(10)14/h1-6,9,14,16,19H,7-8H2. The van der Waals surface area contributed by atoms with Crippen LogP contribution in [0.25, 0.3) is 0 Å². The molecule has 0 spiro atoms. The van der Waals surface area contributed by atoms with Crippen LogP contribution < -0.4 is 0 Å². The molecule has 0 amide bonds. The third-order valence-corrected chi connectivity index (χ3v) is 4.30. The monoisotopic (exact) mass is 320 g/mol. The minimum Gasteiger partial charge on any atom is -0.392 e. The normalized spacial score (nSPS) is 18.6. The smallest absolute Gasteiger partial charge is 0.127 e. The lowest BCUT2D eigenvalue weighted by Crippen LogP contribution is -2.30. The molecule has 0 heterocycles. The van der Waals surface area contributed by atoms with E-state index in [1.54, 1.807) is 12.1 Å². The van der Waals surface area contributed by atoms with Gasteiger partial charge in [0.25, 0.3) is 0 Å². The maximum atomic E-state index is 13.8. The Balaban J connectivity index is 1.75. The summed E-state index contributed by atoms with van der Waals surface area (Å²) in [5.74, 6) is -0.125. The molecule has 0 aliphatic heterocycles. The first-order valence-corrected chi connectivity index (χ1v) is 7.14. The maximum absolute atomic E-state index is 13.8. The van der Waals surface area contributed by atoms with Crippen LogP contribution in [0.4, 0.5) is 4.39 Å². The summed E-state index contributed by atoms with van der Waals surface area (Å²) in [5.41, 5.74) is 3.07. The second kappa shape index (κ2) is 5.06. The van der Waals surface area contributed by atoms with Crippen molar-refractivity contribution in [3.8, 4) is 0 Å². The van der Waals surface area contributed by atoms with E-state index >= 15 is 0 Å². The van der Waals surface area contributed by atoms with Crippen LogP contribution in [0.5, 0.6) is 0 Å². The topological polar surface area (TPSA) is 20.2 Å². The van der Waals surface area contributed by atoms with Crippen molar-refractivity contribution in [2.24, 2.45) is 0 Å². The number of benzene rings is 2. The van der Waals surface area contributed by atoms with Gasteiger partial charge in [-0.3, -0.25) is 0 Å². The second-order valence-corrected chi connectivity index (χ2v) is 5.93. The Labute approximate surface area is 120 Å². The van der Waals surface area contributed by atoms with E-state index in [0.29, 0.717) is 12.0 Å². The summed E-state index contributed by atoms with van der Waals surface area (Å²) < 4.78 is 14.5. The number of aliphatic hydroxyl groups excluding tert-OH is 1. The molecule has 1 N–H and O–H groups in total. The number of halogens is 2. The van der Waals surface area contributed by atoms with Crippen molar-refractivity contribution in [2.75, 3.05) is 0 Å². The van der Waals surface area contributed by atoms with E-state index < -0.39 is 6.10 Å².